The molecule has 10 heteroatoms. The summed E-state index contributed by atoms with van der Waals surface area (Å²) in [7, 11) is -3.43. The van der Waals surface area contributed by atoms with Crippen molar-refractivity contribution in [1.29, 1.82) is 0 Å². The van der Waals surface area contributed by atoms with Crippen LogP contribution in [0.1, 0.15) is 18.4 Å². The Balaban J connectivity index is 1.09. The van der Waals surface area contributed by atoms with E-state index in [9.17, 15) is 22.0 Å². The van der Waals surface area contributed by atoms with Crippen molar-refractivity contribution in [2.24, 2.45) is 11.3 Å². The Morgan fingerprint density at radius 1 is 1.17 bits per heavy atom. The molecule has 1 aromatic carbocycles. The summed E-state index contributed by atoms with van der Waals surface area (Å²) >= 11 is 0. The zero-order chi connectivity index (χ0) is 20.4. The highest BCUT2D eigenvalue weighted by molar-refractivity contribution is 7.89. The van der Waals surface area contributed by atoms with Crippen molar-refractivity contribution in [2.45, 2.75) is 24.8 Å². The van der Waals surface area contributed by atoms with Crippen LogP contribution in [0.3, 0.4) is 0 Å². The summed E-state index contributed by atoms with van der Waals surface area (Å²) in [6.07, 6.45) is 2.47. The monoisotopic (exact) mass is 427 g/mol. The molecule has 4 fully saturated rings. The number of likely N-dealkylation sites (tertiary alicyclic amines) is 2. The van der Waals surface area contributed by atoms with E-state index in [1.54, 1.807) is 9.80 Å². The van der Waals surface area contributed by atoms with Gasteiger partial charge in [0.05, 0.1) is 12.1 Å². The third-order valence-electron chi connectivity index (χ3n) is 6.54. The molecule has 1 aliphatic carbocycles. The lowest BCUT2D eigenvalue weighted by atomic mass is 9.56. The zero-order valence-corrected chi connectivity index (χ0v) is 16.7. The SMILES string of the molecule is O=C(N1CC2(CC(Cc3ccc(F)cc3F)C2)C1)N1CC2(COCS(=O)(=O)N2)C1. The Kier molecular flexibility index (Phi) is 4.21. The average molecular weight is 427 g/mol. The second-order valence-electron chi connectivity index (χ2n) is 9.17. The second kappa shape index (κ2) is 6.36. The lowest BCUT2D eigenvalue weighted by molar-refractivity contribution is -0.0863. The first-order valence-corrected chi connectivity index (χ1v) is 11.4. The molecule has 0 atom stereocenters. The minimum atomic E-state index is -3.43. The summed E-state index contributed by atoms with van der Waals surface area (Å²) in [6.45, 7) is 2.28. The van der Waals surface area contributed by atoms with Gasteiger partial charge in [0, 0.05) is 37.7 Å². The molecular formula is C19H23F2N3O4S. The van der Waals surface area contributed by atoms with Crippen LogP contribution in [-0.4, -0.2) is 68.5 Å². The number of hydrogen-bond acceptors (Lipinski definition) is 4. The molecular weight excluding hydrogens is 404 g/mol. The van der Waals surface area contributed by atoms with E-state index in [0.29, 0.717) is 44.1 Å². The fourth-order valence-corrected chi connectivity index (χ4v) is 6.58. The molecule has 3 aliphatic heterocycles. The number of benzene rings is 1. The minimum absolute atomic E-state index is 0.0703. The minimum Gasteiger partial charge on any atom is -0.362 e. The predicted molar refractivity (Wildman–Crippen MR) is 99.4 cm³/mol. The second-order valence-corrected chi connectivity index (χ2v) is 10.8. The molecule has 1 saturated carbocycles. The Hall–Kier alpha value is -1.78. The molecule has 158 valence electrons. The lowest BCUT2D eigenvalue weighted by Gasteiger charge is -2.61. The van der Waals surface area contributed by atoms with Crippen LogP contribution in [0, 0.1) is 23.0 Å². The van der Waals surface area contributed by atoms with Gasteiger partial charge in [0.25, 0.3) is 0 Å². The number of carbonyl (C=O) groups excluding carboxylic acids is 1. The van der Waals surface area contributed by atoms with E-state index in [2.05, 4.69) is 4.72 Å². The van der Waals surface area contributed by atoms with Crippen molar-refractivity contribution >= 4 is 16.1 Å². The van der Waals surface area contributed by atoms with Crippen molar-refractivity contribution in [2.75, 3.05) is 38.7 Å². The molecule has 2 amide bonds. The van der Waals surface area contributed by atoms with E-state index in [1.165, 1.54) is 12.1 Å². The zero-order valence-electron chi connectivity index (χ0n) is 15.9. The fraction of sp³-hybridized carbons (Fsp3) is 0.632. The Labute approximate surface area is 168 Å². The lowest BCUT2D eigenvalue weighted by Crippen LogP contribution is -2.77. The van der Waals surface area contributed by atoms with Crippen molar-refractivity contribution in [3.63, 3.8) is 0 Å². The van der Waals surface area contributed by atoms with Crippen LogP contribution in [0.15, 0.2) is 18.2 Å². The third-order valence-corrected chi connectivity index (χ3v) is 7.76. The molecule has 0 unspecified atom stereocenters. The van der Waals surface area contributed by atoms with Crippen LogP contribution in [0.2, 0.25) is 0 Å². The summed E-state index contributed by atoms with van der Waals surface area (Å²) in [5.74, 6) is -1.04. The quantitative estimate of drug-likeness (QED) is 0.772. The standard InChI is InChI=1S/C19H23F2N3O4S/c20-15-2-1-14(16(21)4-15)3-13-5-18(6-13)7-23(8-18)17(25)24-9-19(10-24)11-28-12-29(26,27)22-19/h1-2,4,13,22H,3,5-12H2. The van der Waals surface area contributed by atoms with Gasteiger partial charge in [-0.05, 0) is 36.8 Å². The average Bonchev–Trinajstić information content (AvgIpc) is 2.53. The van der Waals surface area contributed by atoms with Gasteiger partial charge in [0.2, 0.25) is 10.0 Å². The van der Waals surface area contributed by atoms with Crippen molar-refractivity contribution < 1.29 is 26.7 Å². The molecule has 0 aromatic heterocycles. The fourth-order valence-electron chi connectivity index (χ4n) is 5.38. The van der Waals surface area contributed by atoms with Crippen LogP contribution in [0.4, 0.5) is 13.6 Å². The van der Waals surface area contributed by atoms with Gasteiger partial charge in [0.1, 0.15) is 11.6 Å². The van der Waals surface area contributed by atoms with Crippen LogP contribution < -0.4 is 4.72 Å². The molecule has 3 saturated heterocycles. The van der Waals surface area contributed by atoms with Crippen molar-refractivity contribution in [3.05, 3.63) is 35.4 Å². The maximum Gasteiger partial charge on any atom is 0.320 e. The Bertz CT molecular complexity index is 950. The summed E-state index contributed by atoms with van der Waals surface area (Å²) in [5.41, 5.74) is -0.0214. The molecule has 1 aromatic rings. The number of sulfonamides is 1. The van der Waals surface area contributed by atoms with Gasteiger partial charge in [-0.1, -0.05) is 6.07 Å². The number of hydrogen-bond donors (Lipinski definition) is 1. The van der Waals surface area contributed by atoms with Crippen molar-refractivity contribution in [1.82, 2.24) is 14.5 Å². The van der Waals surface area contributed by atoms with Gasteiger partial charge in [-0.15, -0.1) is 0 Å². The van der Waals surface area contributed by atoms with Crippen LogP contribution in [0.25, 0.3) is 0 Å². The van der Waals surface area contributed by atoms with E-state index in [0.717, 1.165) is 18.9 Å². The molecule has 2 spiro atoms. The highest BCUT2D eigenvalue weighted by atomic mass is 32.2. The van der Waals surface area contributed by atoms with Gasteiger partial charge in [0.15, 0.2) is 5.94 Å². The van der Waals surface area contributed by atoms with Crippen LogP contribution in [-0.2, 0) is 21.2 Å². The van der Waals surface area contributed by atoms with Crippen molar-refractivity contribution in [3.8, 4) is 0 Å². The van der Waals surface area contributed by atoms with Gasteiger partial charge >= 0.3 is 6.03 Å². The summed E-state index contributed by atoms with van der Waals surface area (Å²) < 4.78 is 58.0. The van der Waals surface area contributed by atoms with Gasteiger partial charge < -0.3 is 14.5 Å². The maximum atomic E-state index is 13.8. The summed E-state index contributed by atoms with van der Waals surface area (Å²) in [5, 5.41) is 0. The van der Waals surface area contributed by atoms with Gasteiger partial charge in [-0.25, -0.2) is 26.7 Å². The molecule has 7 nitrogen and oxygen atoms in total. The first kappa shape index (κ1) is 19.2. The number of amides is 2. The highest BCUT2D eigenvalue weighted by Gasteiger charge is 2.57. The highest BCUT2D eigenvalue weighted by Crippen LogP contribution is 2.53. The number of carbonyl (C=O) groups is 1. The summed E-state index contributed by atoms with van der Waals surface area (Å²) in [6, 6.07) is 3.65. The smallest absolute Gasteiger partial charge is 0.320 e. The molecule has 0 radical (unpaired) electrons. The number of ether oxygens (including phenoxy) is 1. The van der Waals surface area contributed by atoms with Gasteiger partial charge in [-0.2, -0.15) is 0 Å². The number of nitrogens with one attached hydrogen (secondary N) is 1. The maximum absolute atomic E-state index is 13.8. The van der Waals surface area contributed by atoms with Crippen LogP contribution in [0.5, 0.6) is 0 Å². The molecule has 4 aliphatic rings. The molecule has 3 heterocycles. The van der Waals surface area contributed by atoms with E-state index >= 15 is 0 Å². The first-order valence-electron chi connectivity index (χ1n) is 9.74. The van der Waals surface area contributed by atoms with Crippen LogP contribution >= 0.6 is 0 Å². The van der Waals surface area contributed by atoms with E-state index < -0.39 is 27.2 Å². The number of halogens is 2. The largest absolute Gasteiger partial charge is 0.362 e. The van der Waals surface area contributed by atoms with E-state index in [1.807, 2.05) is 0 Å². The molecule has 0 bridgehead atoms. The van der Waals surface area contributed by atoms with E-state index in [4.69, 9.17) is 4.74 Å². The normalized spacial score (nSPS) is 26.7. The molecule has 29 heavy (non-hydrogen) atoms. The predicted octanol–water partition coefficient (Wildman–Crippen LogP) is 1.30. The number of urea groups is 1. The molecule has 5 rings (SSSR count). The first-order chi connectivity index (χ1) is 13.7. The van der Waals surface area contributed by atoms with Gasteiger partial charge in [-0.3, -0.25) is 0 Å². The van der Waals surface area contributed by atoms with E-state index in [-0.39, 0.29) is 24.0 Å². The Morgan fingerprint density at radius 2 is 1.86 bits per heavy atom. The number of rotatable bonds is 2. The summed E-state index contributed by atoms with van der Waals surface area (Å²) in [4.78, 5) is 16.1. The molecule has 1 N–H and O–H groups in total. The number of nitrogens with zero attached hydrogens (tertiary/aromatic N) is 2. The topological polar surface area (TPSA) is 79.0 Å². The third kappa shape index (κ3) is 3.40. The Morgan fingerprint density at radius 3 is 2.52 bits per heavy atom.